The molecule has 1 aromatic carbocycles. The van der Waals surface area contributed by atoms with Gasteiger partial charge in [0.2, 0.25) is 0 Å². The molecule has 3 aromatic rings. The molecule has 2 heterocycles. The van der Waals surface area contributed by atoms with Crippen LogP contribution < -0.4 is 5.32 Å². The topological polar surface area (TPSA) is 77.0 Å². The minimum absolute atomic E-state index is 0.345. The number of benzene rings is 1. The second-order valence-electron chi connectivity index (χ2n) is 5.68. The quantitative estimate of drug-likeness (QED) is 0.254. The van der Waals surface area contributed by atoms with E-state index in [0.29, 0.717) is 33.9 Å². The van der Waals surface area contributed by atoms with Gasteiger partial charge in [-0.3, -0.25) is 4.98 Å². The summed E-state index contributed by atoms with van der Waals surface area (Å²) in [6, 6.07) is 15.7. The molecule has 0 radical (unpaired) electrons. The highest BCUT2D eigenvalue weighted by Gasteiger charge is 2.22. The molecule has 144 valence electrons. The highest BCUT2D eigenvalue weighted by atomic mass is 32.2. The van der Waals surface area contributed by atoms with Crippen molar-refractivity contribution in [2.24, 2.45) is 0 Å². The number of aromatic nitrogens is 3. The van der Waals surface area contributed by atoms with E-state index in [1.165, 1.54) is 30.6 Å². The molecule has 8 heteroatoms. The number of nitrogens with one attached hydrogen (secondary N) is 1. The van der Waals surface area contributed by atoms with Gasteiger partial charge < -0.3 is 10.1 Å². The minimum Gasteiger partial charge on any atom is -0.465 e. The van der Waals surface area contributed by atoms with Gasteiger partial charge in [-0.25, -0.2) is 14.8 Å². The van der Waals surface area contributed by atoms with Crippen molar-refractivity contribution in [2.75, 3.05) is 18.7 Å². The summed E-state index contributed by atoms with van der Waals surface area (Å²) in [5.41, 5.74) is 2.34. The van der Waals surface area contributed by atoms with Crippen molar-refractivity contribution >= 4 is 35.3 Å². The van der Waals surface area contributed by atoms with Crippen LogP contribution in [0.5, 0.6) is 0 Å². The first kappa shape index (κ1) is 20.2. The number of ether oxygens (including phenoxy) is 1. The van der Waals surface area contributed by atoms with Gasteiger partial charge in [-0.05, 0) is 24.0 Å². The Kier molecular flexibility index (Phi) is 7.27. The number of hydrogen-bond acceptors (Lipinski definition) is 8. The van der Waals surface area contributed by atoms with E-state index in [0.717, 1.165) is 11.3 Å². The predicted molar refractivity (Wildman–Crippen MR) is 113 cm³/mol. The zero-order valence-corrected chi connectivity index (χ0v) is 17.2. The van der Waals surface area contributed by atoms with Crippen LogP contribution in [0.2, 0.25) is 0 Å². The number of hydrogen-bond donors (Lipinski definition) is 1. The molecule has 3 rings (SSSR count). The molecule has 0 fully saturated rings. The van der Waals surface area contributed by atoms with Gasteiger partial charge in [-0.15, -0.1) is 11.8 Å². The SMILES string of the molecule is COC(=O)c1c(NCc2ccccn2)nc(SC)nc1SCc1ccccc1. The van der Waals surface area contributed by atoms with E-state index in [-0.39, 0.29) is 0 Å². The Balaban J connectivity index is 1.91. The van der Waals surface area contributed by atoms with E-state index in [1.54, 1.807) is 6.20 Å². The highest BCUT2D eigenvalue weighted by Crippen LogP contribution is 2.31. The summed E-state index contributed by atoms with van der Waals surface area (Å²) in [4.78, 5) is 25.8. The number of pyridine rings is 1. The molecule has 1 N–H and O–H groups in total. The monoisotopic (exact) mass is 412 g/mol. The number of nitrogens with zero attached hydrogens (tertiary/aromatic N) is 3. The Morgan fingerprint density at radius 3 is 2.57 bits per heavy atom. The van der Waals surface area contributed by atoms with E-state index < -0.39 is 5.97 Å². The highest BCUT2D eigenvalue weighted by molar-refractivity contribution is 7.99. The first-order valence-electron chi connectivity index (χ1n) is 8.56. The molecule has 28 heavy (non-hydrogen) atoms. The van der Waals surface area contributed by atoms with Crippen molar-refractivity contribution < 1.29 is 9.53 Å². The Morgan fingerprint density at radius 1 is 1.11 bits per heavy atom. The summed E-state index contributed by atoms with van der Waals surface area (Å²) in [7, 11) is 1.36. The third-order valence-corrected chi connectivity index (χ3v) is 5.40. The molecule has 0 bridgehead atoms. The normalized spacial score (nSPS) is 10.5. The van der Waals surface area contributed by atoms with Gasteiger partial charge >= 0.3 is 5.97 Å². The van der Waals surface area contributed by atoms with Crippen LogP contribution in [0.1, 0.15) is 21.6 Å². The molecule has 0 aliphatic carbocycles. The molecule has 0 aliphatic rings. The molecule has 0 amide bonds. The van der Waals surface area contributed by atoms with Crippen molar-refractivity contribution in [3.8, 4) is 0 Å². The van der Waals surface area contributed by atoms with Gasteiger partial charge in [0.25, 0.3) is 0 Å². The van der Waals surface area contributed by atoms with Gasteiger partial charge in [-0.2, -0.15) is 0 Å². The van der Waals surface area contributed by atoms with Crippen molar-refractivity contribution in [3.63, 3.8) is 0 Å². The van der Waals surface area contributed by atoms with Crippen molar-refractivity contribution in [1.82, 2.24) is 15.0 Å². The number of anilines is 1. The summed E-state index contributed by atoms with van der Waals surface area (Å²) in [6.45, 7) is 0.443. The summed E-state index contributed by atoms with van der Waals surface area (Å²) in [5.74, 6) is 0.675. The third kappa shape index (κ3) is 5.24. The molecule has 0 spiro atoms. The molecule has 0 aliphatic heterocycles. The Hall–Kier alpha value is -2.58. The third-order valence-electron chi connectivity index (χ3n) is 3.81. The average molecular weight is 413 g/mol. The van der Waals surface area contributed by atoms with Crippen molar-refractivity contribution in [2.45, 2.75) is 22.5 Å². The van der Waals surface area contributed by atoms with Crippen LogP contribution in [-0.2, 0) is 17.0 Å². The zero-order chi connectivity index (χ0) is 19.8. The van der Waals surface area contributed by atoms with Gasteiger partial charge in [0.05, 0.1) is 19.3 Å². The molecule has 0 saturated heterocycles. The largest absolute Gasteiger partial charge is 0.465 e. The van der Waals surface area contributed by atoms with Crippen molar-refractivity contribution in [1.29, 1.82) is 0 Å². The lowest BCUT2D eigenvalue weighted by molar-refractivity contribution is 0.0596. The maximum Gasteiger partial charge on any atom is 0.344 e. The van der Waals surface area contributed by atoms with Crippen molar-refractivity contribution in [3.05, 3.63) is 71.5 Å². The summed E-state index contributed by atoms with van der Waals surface area (Å²) >= 11 is 2.91. The molecule has 6 nitrogen and oxygen atoms in total. The van der Waals surface area contributed by atoms with E-state index in [4.69, 9.17) is 4.74 Å². The standard InChI is InChI=1S/C20H20N4O2S2/c1-26-19(25)16-17(22-12-15-10-6-7-11-21-15)23-20(27-2)24-18(16)28-13-14-8-4-3-5-9-14/h3-11H,12-13H2,1-2H3,(H,22,23,24). The first-order valence-corrected chi connectivity index (χ1v) is 10.8. The fourth-order valence-corrected chi connectivity index (χ4v) is 3.83. The van der Waals surface area contributed by atoms with Gasteiger partial charge in [0.15, 0.2) is 5.16 Å². The average Bonchev–Trinajstić information content (AvgIpc) is 2.76. The van der Waals surface area contributed by atoms with Gasteiger partial charge in [-0.1, -0.05) is 48.2 Å². The fourth-order valence-electron chi connectivity index (χ4n) is 2.43. The number of esters is 1. The van der Waals surface area contributed by atoms with Gasteiger partial charge in [0.1, 0.15) is 16.4 Å². The maximum atomic E-state index is 12.5. The van der Waals surface area contributed by atoms with Crippen LogP contribution in [0.4, 0.5) is 5.82 Å². The molecule has 0 atom stereocenters. The maximum absolute atomic E-state index is 12.5. The second kappa shape index (κ2) is 10.1. The lowest BCUT2D eigenvalue weighted by atomic mass is 10.2. The number of thioether (sulfide) groups is 2. The second-order valence-corrected chi connectivity index (χ2v) is 7.42. The number of methoxy groups -OCH3 is 1. The summed E-state index contributed by atoms with van der Waals surface area (Å²) < 4.78 is 5.00. The van der Waals surface area contributed by atoms with Crippen LogP contribution in [0.3, 0.4) is 0 Å². The molecule has 2 aromatic heterocycles. The Labute approximate surface area is 172 Å². The number of carbonyl (C=O) groups excluding carboxylic acids is 1. The zero-order valence-electron chi connectivity index (χ0n) is 15.6. The van der Waals surface area contributed by atoms with E-state index >= 15 is 0 Å². The van der Waals surface area contributed by atoms with E-state index in [1.807, 2.05) is 54.8 Å². The van der Waals surface area contributed by atoms with Crippen LogP contribution in [0, 0.1) is 0 Å². The van der Waals surface area contributed by atoms with Crippen LogP contribution in [0.25, 0.3) is 0 Å². The summed E-state index contributed by atoms with van der Waals surface area (Å²) in [6.07, 6.45) is 3.63. The fraction of sp³-hybridized carbons (Fsp3) is 0.200. The van der Waals surface area contributed by atoms with Crippen LogP contribution in [-0.4, -0.2) is 34.3 Å². The summed E-state index contributed by atoms with van der Waals surface area (Å²) in [5, 5.41) is 4.40. The lowest BCUT2D eigenvalue weighted by Gasteiger charge is -2.14. The Morgan fingerprint density at radius 2 is 1.89 bits per heavy atom. The number of rotatable bonds is 8. The van der Waals surface area contributed by atoms with E-state index in [2.05, 4.69) is 20.3 Å². The molecular weight excluding hydrogens is 392 g/mol. The minimum atomic E-state index is -0.466. The smallest absolute Gasteiger partial charge is 0.344 e. The molecular formula is C20H20N4O2S2. The molecule has 0 saturated carbocycles. The first-order chi connectivity index (χ1) is 13.7. The van der Waals surface area contributed by atoms with Gasteiger partial charge in [0, 0.05) is 11.9 Å². The predicted octanol–water partition coefficient (Wildman–Crippen LogP) is 4.28. The number of carbonyl (C=O) groups is 1. The van der Waals surface area contributed by atoms with E-state index in [9.17, 15) is 4.79 Å². The van der Waals surface area contributed by atoms with Crippen LogP contribution in [0.15, 0.2) is 64.9 Å². The Bertz CT molecular complexity index is 859. The van der Waals surface area contributed by atoms with Crippen LogP contribution >= 0.6 is 23.5 Å². The lowest BCUT2D eigenvalue weighted by Crippen LogP contribution is -2.14. The molecule has 0 unspecified atom stereocenters.